The van der Waals surface area contributed by atoms with E-state index in [4.69, 9.17) is 0 Å². The number of rotatable bonds is 5. The first kappa shape index (κ1) is 19.1. The number of hydrogen-bond acceptors (Lipinski definition) is 1. The molecule has 0 radical (unpaired) electrons. The third-order valence-electron chi connectivity index (χ3n) is 5.94. The predicted molar refractivity (Wildman–Crippen MR) is 124 cm³/mol. The van der Waals surface area contributed by atoms with Gasteiger partial charge in [0.25, 0.3) is 0 Å². The van der Waals surface area contributed by atoms with Gasteiger partial charge in [0.2, 0.25) is 0 Å². The van der Waals surface area contributed by atoms with E-state index in [1.165, 1.54) is 15.9 Å². The second-order valence-corrected chi connectivity index (χ2v) is 12.6. The van der Waals surface area contributed by atoms with Crippen molar-refractivity contribution >= 4 is 33.8 Å². The van der Waals surface area contributed by atoms with Gasteiger partial charge in [-0.15, -0.1) is 0 Å². The van der Waals surface area contributed by atoms with E-state index in [9.17, 15) is 9.90 Å². The average molecular weight is 398 g/mol. The average Bonchev–Trinajstić information content (AvgIpc) is 2.80. The Hall–Kier alpha value is -3.22. The van der Waals surface area contributed by atoms with Crippen molar-refractivity contribution in [2.75, 3.05) is 6.66 Å². The van der Waals surface area contributed by atoms with Gasteiger partial charge in [-0.05, 0) is 0 Å². The van der Waals surface area contributed by atoms with Gasteiger partial charge in [-0.1, -0.05) is 0 Å². The van der Waals surface area contributed by atoms with Crippen molar-refractivity contribution in [3.05, 3.63) is 121 Å². The van der Waals surface area contributed by atoms with E-state index in [0.29, 0.717) is 5.56 Å². The Kier molecular flexibility index (Phi) is 4.82. The van der Waals surface area contributed by atoms with Gasteiger partial charge in [0, 0.05) is 0 Å². The Morgan fingerprint density at radius 2 is 0.966 bits per heavy atom. The van der Waals surface area contributed by atoms with Crippen LogP contribution in [0.3, 0.4) is 0 Å². The molecule has 1 N–H and O–H groups in total. The number of carboxylic acid groups (broad SMARTS) is 1. The SMILES string of the molecule is CP(c1ccccc1)(c1ccccc1)(c1ccccc1)c1cccc(C(=O)O)c1. The van der Waals surface area contributed by atoms with Crippen molar-refractivity contribution in [3.63, 3.8) is 0 Å². The molecule has 0 aliphatic heterocycles. The monoisotopic (exact) mass is 398 g/mol. The van der Waals surface area contributed by atoms with Crippen LogP contribution in [0, 0.1) is 0 Å². The summed E-state index contributed by atoms with van der Waals surface area (Å²) in [6.07, 6.45) is 0. The van der Waals surface area contributed by atoms with Crippen molar-refractivity contribution < 1.29 is 9.90 Å². The van der Waals surface area contributed by atoms with E-state index in [-0.39, 0.29) is 0 Å². The molecule has 29 heavy (non-hydrogen) atoms. The molecule has 0 heterocycles. The van der Waals surface area contributed by atoms with Crippen LogP contribution in [0.15, 0.2) is 115 Å². The first-order valence-corrected chi connectivity index (χ1v) is 12.3. The van der Waals surface area contributed by atoms with Crippen LogP contribution >= 0.6 is 6.60 Å². The molecule has 4 aromatic carbocycles. The van der Waals surface area contributed by atoms with Crippen molar-refractivity contribution in [2.24, 2.45) is 0 Å². The molecule has 0 bridgehead atoms. The molecule has 144 valence electrons. The second-order valence-electron chi connectivity index (χ2n) is 7.43. The summed E-state index contributed by atoms with van der Waals surface area (Å²) in [5.74, 6) is -0.911. The standard InChI is InChI=1S/C26H23O2P/c1-29(22-13-5-2-6-14-22,23-15-7-3-8-16-23,24-17-9-4-10-18-24)25-19-11-12-21(20-25)26(27)28/h2-20H,1H3,(H,27,28). The molecule has 0 saturated carbocycles. The van der Waals surface area contributed by atoms with Crippen LogP contribution in [0.25, 0.3) is 0 Å². The van der Waals surface area contributed by atoms with Crippen LogP contribution in [-0.4, -0.2) is 17.7 Å². The third-order valence-corrected chi connectivity index (χ3v) is 12.3. The zero-order valence-corrected chi connectivity index (χ0v) is 17.2. The van der Waals surface area contributed by atoms with Crippen molar-refractivity contribution in [1.82, 2.24) is 0 Å². The zero-order valence-electron chi connectivity index (χ0n) is 16.3. The Bertz CT molecular complexity index is 1040. The van der Waals surface area contributed by atoms with E-state index in [2.05, 4.69) is 85.5 Å². The fraction of sp³-hybridized carbons (Fsp3) is 0.0385. The maximum atomic E-state index is 11.8. The molecule has 0 fully saturated rings. The van der Waals surface area contributed by atoms with Gasteiger partial charge in [0.1, 0.15) is 0 Å². The van der Waals surface area contributed by atoms with Gasteiger partial charge in [-0.3, -0.25) is 0 Å². The third kappa shape index (κ3) is 2.88. The van der Waals surface area contributed by atoms with Crippen LogP contribution in [-0.2, 0) is 0 Å². The van der Waals surface area contributed by atoms with Gasteiger partial charge in [-0.25, -0.2) is 0 Å². The molecule has 0 aromatic heterocycles. The topological polar surface area (TPSA) is 37.3 Å². The van der Waals surface area contributed by atoms with Gasteiger partial charge >= 0.3 is 171 Å². The minimum absolute atomic E-state index is 0.307. The normalized spacial score (nSPS) is 12.7. The minimum atomic E-state index is -3.16. The first-order valence-electron chi connectivity index (χ1n) is 9.57. The quantitative estimate of drug-likeness (QED) is 0.513. The molecule has 0 aliphatic rings. The molecular weight excluding hydrogens is 375 g/mol. The summed E-state index contributed by atoms with van der Waals surface area (Å²) >= 11 is 0. The van der Waals surface area contributed by atoms with Crippen LogP contribution in [0.4, 0.5) is 0 Å². The number of carboxylic acids is 1. The molecule has 0 spiro atoms. The fourth-order valence-electron chi connectivity index (χ4n) is 4.28. The number of hydrogen-bond donors (Lipinski definition) is 1. The molecule has 3 heteroatoms. The van der Waals surface area contributed by atoms with Crippen LogP contribution < -0.4 is 21.2 Å². The van der Waals surface area contributed by atoms with E-state index in [0.717, 1.165) is 5.30 Å². The molecular formula is C26H23O2P. The Morgan fingerprint density at radius 3 is 1.34 bits per heavy atom. The van der Waals surface area contributed by atoms with Gasteiger partial charge in [-0.2, -0.15) is 0 Å². The van der Waals surface area contributed by atoms with Gasteiger partial charge in [0.15, 0.2) is 0 Å². The predicted octanol–water partition coefficient (Wildman–Crippen LogP) is 4.17. The molecule has 4 aromatic rings. The zero-order chi connectivity index (χ0) is 20.3. The molecule has 0 unspecified atom stereocenters. The molecule has 0 atom stereocenters. The maximum absolute atomic E-state index is 11.8. The summed E-state index contributed by atoms with van der Waals surface area (Å²) in [7, 11) is 0. The summed E-state index contributed by atoms with van der Waals surface area (Å²) in [6.45, 7) is -0.836. The summed E-state index contributed by atoms with van der Waals surface area (Å²) in [5, 5.41) is 14.3. The van der Waals surface area contributed by atoms with Crippen LogP contribution in [0.1, 0.15) is 10.4 Å². The van der Waals surface area contributed by atoms with E-state index < -0.39 is 12.6 Å². The van der Waals surface area contributed by atoms with Crippen LogP contribution in [0.5, 0.6) is 0 Å². The Labute approximate surface area is 171 Å². The number of carbonyl (C=O) groups is 1. The summed E-state index contributed by atoms with van der Waals surface area (Å²) in [4.78, 5) is 11.8. The molecule has 2 nitrogen and oxygen atoms in total. The van der Waals surface area contributed by atoms with E-state index in [1.807, 2.05) is 30.3 Å². The van der Waals surface area contributed by atoms with Gasteiger partial charge in [0.05, 0.1) is 0 Å². The molecule has 0 amide bonds. The molecule has 0 saturated heterocycles. The molecule has 0 aliphatic carbocycles. The van der Waals surface area contributed by atoms with E-state index in [1.54, 1.807) is 6.07 Å². The summed E-state index contributed by atoms with van der Waals surface area (Å²) < 4.78 is 0. The van der Waals surface area contributed by atoms with Crippen molar-refractivity contribution in [3.8, 4) is 0 Å². The first-order chi connectivity index (χ1) is 14.1. The summed E-state index contributed by atoms with van der Waals surface area (Å²) in [5.41, 5.74) is 0.307. The van der Waals surface area contributed by atoms with Crippen molar-refractivity contribution in [2.45, 2.75) is 0 Å². The number of benzene rings is 4. The Morgan fingerprint density at radius 1 is 0.586 bits per heavy atom. The van der Waals surface area contributed by atoms with Gasteiger partial charge < -0.3 is 0 Å². The fourth-order valence-corrected chi connectivity index (χ4v) is 9.74. The van der Waals surface area contributed by atoms with Crippen molar-refractivity contribution in [1.29, 1.82) is 0 Å². The Balaban J connectivity index is 2.23. The number of aromatic carboxylic acids is 1. The second kappa shape index (κ2) is 7.31. The summed E-state index contributed by atoms with van der Waals surface area (Å²) in [6, 6.07) is 38.9. The van der Waals surface area contributed by atoms with Crippen LogP contribution in [0.2, 0.25) is 0 Å². The van der Waals surface area contributed by atoms with E-state index >= 15 is 0 Å². The molecule has 4 rings (SSSR count).